The van der Waals surface area contributed by atoms with Crippen molar-refractivity contribution in [2.75, 3.05) is 5.32 Å². The van der Waals surface area contributed by atoms with Gasteiger partial charge in [-0.15, -0.1) is 20.4 Å². The van der Waals surface area contributed by atoms with Gasteiger partial charge in [0.05, 0.1) is 6.54 Å². The Morgan fingerprint density at radius 1 is 1.25 bits per heavy atom. The Labute approximate surface area is 90.1 Å². The molecule has 0 aliphatic heterocycles. The maximum atomic E-state index is 12.2. The lowest BCUT2D eigenvalue weighted by atomic mass is 10.6. The number of tetrazole rings is 1. The second kappa shape index (κ2) is 4.00. The predicted molar refractivity (Wildman–Crippen MR) is 46.4 cm³/mol. The van der Waals surface area contributed by atoms with Crippen LogP contribution in [0.5, 0.6) is 0 Å². The Morgan fingerprint density at radius 2 is 2.06 bits per heavy atom. The molecule has 0 amide bonds. The van der Waals surface area contributed by atoms with E-state index < -0.39 is 11.2 Å². The molecule has 0 aliphatic rings. The molecular formula is C5H4F3N7S. The van der Waals surface area contributed by atoms with Gasteiger partial charge in [-0.1, -0.05) is 16.6 Å². The monoisotopic (exact) mass is 251 g/mol. The van der Waals surface area contributed by atoms with E-state index in [2.05, 4.69) is 36.1 Å². The molecule has 86 valence electrons. The van der Waals surface area contributed by atoms with Crippen molar-refractivity contribution in [2.45, 2.75) is 12.7 Å². The molecule has 2 aromatic rings. The summed E-state index contributed by atoms with van der Waals surface area (Å²) in [5.41, 5.74) is 0. The fourth-order valence-electron chi connectivity index (χ4n) is 0.821. The summed E-state index contributed by atoms with van der Waals surface area (Å²) in [6, 6.07) is 0. The van der Waals surface area contributed by atoms with Gasteiger partial charge in [0.1, 0.15) is 0 Å². The molecule has 0 aliphatic carbocycles. The van der Waals surface area contributed by atoms with Gasteiger partial charge in [0.15, 0.2) is 5.82 Å². The van der Waals surface area contributed by atoms with E-state index in [4.69, 9.17) is 0 Å². The number of halogens is 3. The zero-order chi connectivity index (χ0) is 11.6. The molecule has 11 heteroatoms. The molecule has 0 aromatic carbocycles. The van der Waals surface area contributed by atoms with Gasteiger partial charge in [0.25, 0.3) is 0 Å². The molecule has 16 heavy (non-hydrogen) atoms. The fourth-order valence-corrected chi connectivity index (χ4v) is 1.43. The molecule has 7 nitrogen and oxygen atoms in total. The molecule has 0 spiro atoms. The molecule has 0 saturated heterocycles. The minimum atomic E-state index is -4.47. The van der Waals surface area contributed by atoms with Gasteiger partial charge in [-0.2, -0.15) is 18.4 Å². The number of hydrogen-bond acceptors (Lipinski definition) is 7. The molecule has 2 heterocycles. The van der Waals surface area contributed by atoms with Gasteiger partial charge in [-0.05, 0) is 0 Å². The first-order valence-electron chi connectivity index (χ1n) is 3.92. The summed E-state index contributed by atoms with van der Waals surface area (Å²) < 4.78 is 36.5. The lowest BCUT2D eigenvalue weighted by molar-refractivity contribution is -0.138. The van der Waals surface area contributed by atoms with Crippen LogP contribution in [0.4, 0.5) is 18.3 Å². The second-order valence-corrected chi connectivity index (χ2v) is 3.57. The van der Waals surface area contributed by atoms with Crippen LogP contribution in [-0.4, -0.2) is 30.8 Å². The Morgan fingerprint density at radius 3 is 2.62 bits per heavy atom. The number of alkyl halides is 3. The van der Waals surface area contributed by atoms with Crippen LogP contribution in [0.3, 0.4) is 0 Å². The van der Waals surface area contributed by atoms with Crippen LogP contribution in [-0.2, 0) is 12.7 Å². The molecule has 0 radical (unpaired) electrons. The molecule has 2 N–H and O–H groups in total. The molecule has 2 rings (SSSR count). The Balaban J connectivity index is 1.98. The van der Waals surface area contributed by atoms with E-state index in [0.29, 0.717) is 17.2 Å². The standard InChI is InChI=1S/C5H4F3N7S/c6-5(7,8)3-12-13-4(16-3)9-1-2-10-14-15-11-2/h1H2,(H,9,13)(H,10,11,14,15). The van der Waals surface area contributed by atoms with E-state index >= 15 is 0 Å². The first-order valence-corrected chi connectivity index (χ1v) is 4.74. The summed E-state index contributed by atoms with van der Waals surface area (Å²) >= 11 is 0.417. The Hall–Kier alpha value is -1.78. The largest absolute Gasteiger partial charge is 0.445 e. The molecule has 0 atom stereocenters. The van der Waals surface area contributed by atoms with E-state index in [1.807, 2.05) is 0 Å². The number of anilines is 1. The second-order valence-electron chi connectivity index (χ2n) is 2.59. The SMILES string of the molecule is FC(F)(F)c1nnc(NCc2nn[nH]n2)s1. The molecular weight excluding hydrogens is 247 g/mol. The van der Waals surface area contributed by atoms with Crippen molar-refractivity contribution in [3.8, 4) is 0 Å². The first-order chi connectivity index (χ1) is 7.55. The molecule has 0 bridgehead atoms. The highest BCUT2D eigenvalue weighted by Crippen LogP contribution is 2.32. The van der Waals surface area contributed by atoms with Gasteiger partial charge in [-0.25, -0.2) is 0 Å². The highest BCUT2D eigenvalue weighted by atomic mass is 32.1. The number of rotatable bonds is 3. The summed E-state index contributed by atoms with van der Waals surface area (Å²) in [6.07, 6.45) is -4.47. The number of nitrogens with zero attached hydrogens (tertiary/aromatic N) is 5. The average Bonchev–Trinajstić information content (AvgIpc) is 2.85. The van der Waals surface area contributed by atoms with Crippen molar-refractivity contribution < 1.29 is 13.2 Å². The summed E-state index contributed by atoms with van der Waals surface area (Å²) in [6.45, 7) is 0.128. The van der Waals surface area contributed by atoms with Gasteiger partial charge in [0.2, 0.25) is 10.1 Å². The van der Waals surface area contributed by atoms with Crippen LogP contribution >= 0.6 is 11.3 Å². The Kier molecular flexibility index (Phi) is 2.68. The molecule has 0 saturated carbocycles. The number of aromatic nitrogens is 6. The summed E-state index contributed by atoms with van der Waals surface area (Å²) in [4.78, 5) is 0. The van der Waals surface area contributed by atoms with Crippen molar-refractivity contribution in [3.05, 3.63) is 10.8 Å². The molecule has 0 unspecified atom stereocenters. The van der Waals surface area contributed by atoms with Gasteiger partial charge >= 0.3 is 6.18 Å². The van der Waals surface area contributed by atoms with Gasteiger partial charge in [-0.3, -0.25) is 0 Å². The van der Waals surface area contributed by atoms with Gasteiger partial charge in [0, 0.05) is 0 Å². The van der Waals surface area contributed by atoms with Crippen LogP contribution in [0.25, 0.3) is 0 Å². The maximum Gasteiger partial charge on any atom is 0.445 e. The maximum absolute atomic E-state index is 12.2. The summed E-state index contributed by atoms with van der Waals surface area (Å²) in [7, 11) is 0. The third-order valence-corrected chi connectivity index (χ3v) is 2.38. The third kappa shape index (κ3) is 2.42. The number of aromatic amines is 1. The van der Waals surface area contributed by atoms with Crippen molar-refractivity contribution in [3.63, 3.8) is 0 Å². The lowest BCUT2D eigenvalue weighted by Crippen LogP contribution is -2.03. The minimum absolute atomic E-state index is 0.0529. The van der Waals surface area contributed by atoms with Crippen LogP contribution in [0.1, 0.15) is 10.8 Å². The lowest BCUT2D eigenvalue weighted by Gasteiger charge is -1.98. The zero-order valence-electron chi connectivity index (χ0n) is 7.49. The average molecular weight is 251 g/mol. The van der Waals surface area contributed by atoms with Crippen molar-refractivity contribution in [1.29, 1.82) is 0 Å². The fraction of sp³-hybridized carbons (Fsp3) is 0.400. The van der Waals surface area contributed by atoms with Crippen LogP contribution < -0.4 is 5.32 Å². The molecule has 2 aromatic heterocycles. The topological polar surface area (TPSA) is 92.3 Å². The summed E-state index contributed by atoms with van der Waals surface area (Å²) in [5, 5.41) is 20.7. The van der Waals surface area contributed by atoms with Crippen LogP contribution in [0.2, 0.25) is 0 Å². The number of hydrogen-bond donors (Lipinski definition) is 2. The van der Waals surface area contributed by atoms with Crippen molar-refractivity contribution >= 4 is 16.5 Å². The normalized spacial score (nSPS) is 11.7. The Bertz CT molecular complexity index is 449. The van der Waals surface area contributed by atoms with E-state index in [1.54, 1.807) is 0 Å². The van der Waals surface area contributed by atoms with E-state index in [1.165, 1.54) is 0 Å². The predicted octanol–water partition coefficient (Wildman–Crippen LogP) is 0.682. The highest BCUT2D eigenvalue weighted by Gasteiger charge is 2.35. The van der Waals surface area contributed by atoms with Crippen LogP contribution in [0, 0.1) is 0 Å². The molecule has 0 fully saturated rings. The quantitative estimate of drug-likeness (QED) is 0.833. The van der Waals surface area contributed by atoms with E-state index in [0.717, 1.165) is 0 Å². The van der Waals surface area contributed by atoms with Crippen molar-refractivity contribution in [1.82, 2.24) is 30.8 Å². The number of nitrogens with one attached hydrogen (secondary N) is 2. The highest BCUT2D eigenvalue weighted by molar-refractivity contribution is 7.15. The minimum Gasteiger partial charge on any atom is -0.353 e. The zero-order valence-corrected chi connectivity index (χ0v) is 8.30. The van der Waals surface area contributed by atoms with Crippen molar-refractivity contribution in [2.24, 2.45) is 0 Å². The van der Waals surface area contributed by atoms with E-state index in [-0.39, 0.29) is 11.7 Å². The van der Waals surface area contributed by atoms with E-state index in [9.17, 15) is 13.2 Å². The first kappa shape index (κ1) is 10.7. The smallest absolute Gasteiger partial charge is 0.353 e. The van der Waals surface area contributed by atoms with Crippen LogP contribution in [0.15, 0.2) is 0 Å². The third-order valence-electron chi connectivity index (χ3n) is 1.45. The van der Waals surface area contributed by atoms with Gasteiger partial charge < -0.3 is 5.32 Å². The summed E-state index contributed by atoms with van der Waals surface area (Å²) in [5.74, 6) is 0.323. The number of H-pyrrole nitrogens is 1.